The standard InChI is InChI=1S/C42H48N4O9S/c1-6-20-54-38-25(26-23-43(3)28-12-13-32(48)46-35-24(34(26)37(28)46)10-8-11-29(35)55-56(5,51)52)21-27-36(39(38)53-4)45(31(47)7-2)30-14-16-41(22-33(49)50)15-9-18-44-19-17-42(27,30)40(41)44/h6,8,10-11,14,16,21,26,30,34,40H,1,7,9,12-13,15,17-20,22-23H2,2-5H3,(H,49,50)/t26-,30+,34?,40+,41+,42+/m0/s1. The summed E-state index contributed by atoms with van der Waals surface area (Å²) in [5.74, 6) is -0.756. The molecular weight excluding hydrogens is 737 g/mol. The van der Waals surface area contributed by atoms with E-state index < -0.39 is 26.9 Å². The van der Waals surface area contributed by atoms with Crippen molar-refractivity contribution < 1.29 is 41.6 Å². The maximum atomic E-state index is 14.3. The fourth-order valence-electron chi connectivity index (χ4n) is 11.9. The summed E-state index contributed by atoms with van der Waals surface area (Å²) in [4.78, 5) is 49.0. The van der Waals surface area contributed by atoms with E-state index in [9.17, 15) is 27.9 Å². The smallest absolute Gasteiger partial charge is 0.306 e. The van der Waals surface area contributed by atoms with E-state index in [0.29, 0.717) is 35.8 Å². The molecule has 6 heterocycles. The summed E-state index contributed by atoms with van der Waals surface area (Å²) in [6, 6.07) is 6.96. The van der Waals surface area contributed by atoms with Crippen LogP contribution in [0.2, 0.25) is 0 Å². The van der Waals surface area contributed by atoms with E-state index in [1.165, 1.54) is 0 Å². The maximum absolute atomic E-state index is 14.3. The van der Waals surface area contributed by atoms with Crippen molar-refractivity contribution in [2.24, 2.45) is 5.41 Å². The number of aliphatic carboxylic acids is 1. The van der Waals surface area contributed by atoms with E-state index in [2.05, 4.69) is 34.6 Å². The van der Waals surface area contributed by atoms with Crippen molar-refractivity contribution in [3.05, 3.63) is 77.2 Å². The van der Waals surface area contributed by atoms with Crippen molar-refractivity contribution in [2.45, 2.75) is 81.2 Å². The van der Waals surface area contributed by atoms with Gasteiger partial charge < -0.3 is 28.6 Å². The minimum absolute atomic E-state index is 0.00826. The third kappa shape index (κ3) is 4.99. The number of hydrogen-bond donors (Lipinski definition) is 1. The zero-order valence-electron chi connectivity index (χ0n) is 32.2. The lowest BCUT2D eigenvalue weighted by Crippen LogP contribution is -2.63. The highest BCUT2D eigenvalue weighted by molar-refractivity contribution is 7.86. The molecule has 0 aromatic heterocycles. The Labute approximate surface area is 327 Å². The number of likely N-dealkylation sites (N-methyl/N-ethyl adjacent to an activating group) is 1. The van der Waals surface area contributed by atoms with E-state index in [0.717, 1.165) is 66.7 Å². The molecule has 7 aliphatic rings. The number of anilines is 2. The third-order valence-electron chi connectivity index (χ3n) is 13.5. The number of amides is 2. The molecular formula is C42H48N4O9S. The third-order valence-corrected chi connectivity index (χ3v) is 14.0. The quantitative estimate of drug-likeness (QED) is 0.256. The Kier molecular flexibility index (Phi) is 8.44. The molecule has 6 atom stereocenters. The van der Waals surface area contributed by atoms with E-state index in [1.807, 2.05) is 24.9 Å². The lowest BCUT2D eigenvalue weighted by atomic mass is 9.54. The van der Waals surface area contributed by atoms with E-state index in [4.69, 9.17) is 13.7 Å². The van der Waals surface area contributed by atoms with Gasteiger partial charge in [0.2, 0.25) is 11.8 Å². The molecule has 2 fully saturated rings. The molecule has 2 amide bonds. The molecule has 14 heteroatoms. The number of carboxylic acid groups (broad SMARTS) is 1. The Morgan fingerprint density at radius 3 is 2.62 bits per heavy atom. The van der Waals surface area contributed by atoms with Gasteiger partial charge in [-0.05, 0) is 62.0 Å². The predicted molar refractivity (Wildman–Crippen MR) is 209 cm³/mol. The first-order valence-corrected chi connectivity index (χ1v) is 21.4. The summed E-state index contributed by atoms with van der Waals surface area (Å²) in [6.45, 7) is 8.10. The minimum atomic E-state index is -3.93. The van der Waals surface area contributed by atoms with Crippen molar-refractivity contribution in [1.29, 1.82) is 0 Å². The van der Waals surface area contributed by atoms with Crippen LogP contribution in [0.15, 0.2) is 60.5 Å². The van der Waals surface area contributed by atoms with Crippen LogP contribution in [0.3, 0.4) is 0 Å². The fraction of sp³-hybridized carbons (Fsp3) is 0.500. The van der Waals surface area contributed by atoms with Gasteiger partial charge in [0.25, 0.3) is 0 Å². The van der Waals surface area contributed by atoms with Crippen molar-refractivity contribution in [3.8, 4) is 17.2 Å². The van der Waals surface area contributed by atoms with Crippen LogP contribution < -0.4 is 23.5 Å². The second kappa shape index (κ2) is 12.9. The number of benzene rings is 2. The Bertz CT molecular complexity index is 2270. The zero-order valence-corrected chi connectivity index (χ0v) is 33.1. The van der Waals surface area contributed by atoms with Crippen LogP contribution >= 0.6 is 0 Å². The highest BCUT2D eigenvalue weighted by atomic mass is 32.2. The number of allylic oxidation sites excluding steroid dienone is 2. The van der Waals surface area contributed by atoms with Crippen LogP contribution in [-0.4, -0.2) is 99.8 Å². The SMILES string of the molecule is C=CCOc1c([C@@H]2CN(C)C3=C4C2c2cccc(OS(C)(=O)=O)c2N4C(=O)CC3)cc2c(c1OC)N(C(=O)CC)[C@@H]1C=C[C@@]3(CC(=O)O)CCCN4CC[C@@]21[C@H]43. The first-order valence-electron chi connectivity index (χ1n) is 19.6. The Hall–Kier alpha value is -4.82. The van der Waals surface area contributed by atoms with Gasteiger partial charge in [0, 0.05) is 66.4 Å². The molecule has 0 saturated carbocycles. The summed E-state index contributed by atoms with van der Waals surface area (Å²) in [5, 5.41) is 10.3. The van der Waals surface area contributed by atoms with Crippen LogP contribution in [0.4, 0.5) is 11.4 Å². The number of ether oxygens (including phenoxy) is 2. The second-order valence-corrected chi connectivity index (χ2v) is 18.0. The van der Waals surface area contributed by atoms with Gasteiger partial charge in [-0.25, -0.2) is 0 Å². The number of carbonyl (C=O) groups is 3. The number of carbonyl (C=O) groups excluding carboxylic acids is 2. The van der Waals surface area contributed by atoms with E-state index in [-0.39, 0.29) is 67.4 Å². The number of fused-ring (bicyclic) bond motifs is 4. The van der Waals surface area contributed by atoms with Crippen LogP contribution in [0.5, 0.6) is 17.2 Å². The lowest BCUT2D eigenvalue weighted by Gasteiger charge is -2.55. The van der Waals surface area contributed by atoms with Gasteiger partial charge in [-0.3, -0.25) is 24.2 Å². The van der Waals surface area contributed by atoms with Crippen molar-refractivity contribution >= 4 is 39.3 Å². The van der Waals surface area contributed by atoms with Gasteiger partial charge in [-0.15, -0.1) is 0 Å². The van der Waals surface area contributed by atoms with Crippen molar-refractivity contribution in [2.75, 3.05) is 56.5 Å². The topological polar surface area (TPSA) is 146 Å². The van der Waals surface area contributed by atoms with E-state index >= 15 is 0 Å². The van der Waals surface area contributed by atoms with E-state index in [1.54, 1.807) is 30.2 Å². The molecule has 1 spiro atoms. The molecule has 9 rings (SSSR count). The lowest BCUT2D eigenvalue weighted by molar-refractivity contribution is -0.141. The largest absolute Gasteiger partial charge is 0.491 e. The number of carboxylic acids is 1. The average molecular weight is 785 g/mol. The second-order valence-electron chi connectivity index (χ2n) is 16.4. The van der Waals surface area contributed by atoms with Crippen molar-refractivity contribution in [1.82, 2.24) is 9.80 Å². The summed E-state index contributed by atoms with van der Waals surface area (Å²) in [5.41, 5.74) is 4.20. The van der Waals surface area contributed by atoms with Gasteiger partial charge in [0.15, 0.2) is 17.2 Å². The first-order chi connectivity index (χ1) is 26.8. The number of nitrogens with zero attached hydrogens (tertiary/aromatic N) is 4. The maximum Gasteiger partial charge on any atom is 0.306 e. The molecule has 2 aromatic carbocycles. The average Bonchev–Trinajstić information content (AvgIpc) is 3.81. The number of rotatable bonds is 10. The van der Waals surface area contributed by atoms with Crippen LogP contribution in [-0.2, 0) is 29.9 Å². The van der Waals surface area contributed by atoms with Gasteiger partial charge >= 0.3 is 16.1 Å². The zero-order chi connectivity index (χ0) is 39.5. The molecule has 2 saturated heterocycles. The molecule has 56 heavy (non-hydrogen) atoms. The van der Waals surface area contributed by atoms with Crippen molar-refractivity contribution in [3.63, 3.8) is 0 Å². The minimum Gasteiger partial charge on any atom is -0.491 e. The van der Waals surface area contributed by atoms with Gasteiger partial charge in [0.05, 0.1) is 42.9 Å². The molecule has 1 aliphatic carbocycles. The Morgan fingerprint density at radius 2 is 1.91 bits per heavy atom. The summed E-state index contributed by atoms with van der Waals surface area (Å²) >= 11 is 0. The Balaban J connectivity index is 1.32. The first kappa shape index (κ1) is 36.8. The summed E-state index contributed by atoms with van der Waals surface area (Å²) in [7, 11) is -0.317. The van der Waals surface area contributed by atoms with Gasteiger partial charge in [-0.2, -0.15) is 8.42 Å². The van der Waals surface area contributed by atoms with Crippen LogP contribution in [0.25, 0.3) is 0 Å². The Morgan fingerprint density at radius 1 is 1.11 bits per heavy atom. The summed E-state index contributed by atoms with van der Waals surface area (Å²) in [6.07, 6.45) is 10.3. The number of para-hydroxylation sites is 1. The molecule has 1 N–H and O–H groups in total. The van der Waals surface area contributed by atoms with Crippen LogP contribution in [0.1, 0.15) is 80.4 Å². The monoisotopic (exact) mass is 784 g/mol. The predicted octanol–water partition coefficient (Wildman–Crippen LogP) is 5.03. The molecule has 1 unspecified atom stereocenters. The van der Waals surface area contributed by atoms with Crippen LogP contribution in [0, 0.1) is 5.41 Å². The normalized spacial score (nSPS) is 29.7. The molecule has 296 valence electrons. The molecule has 0 radical (unpaired) electrons. The fourth-order valence-corrected chi connectivity index (χ4v) is 12.3. The van der Waals surface area contributed by atoms with Gasteiger partial charge in [0.1, 0.15) is 6.61 Å². The number of hydrogen-bond acceptors (Lipinski definition) is 10. The summed E-state index contributed by atoms with van der Waals surface area (Å²) < 4.78 is 43.6. The number of methoxy groups -OCH3 is 1. The molecule has 13 nitrogen and oxygen atoms in total. The molecule has 6 aliphatic heterocycles. The highest BCUT2D eigenvalue weighted by Gasteiger charge is 2.68. The highest BCUT2D eigenvalue weighted by Crippen LogP contribution is 2.68. The molecule has 0 bridgehead atoms. The molecule has 2 aromatic rings. The van der Waals surface area contributed by atoms with Gasteiger partial charge in [-0.1, -0.05) is 43.9 Å². The number of piperidine rings is 1.